The van der Waals surface area contributed by atoms with Crippen LogP contribution >= 0.6 is 0 Å². The van der Waals surface area contributed by atoms with Gasteiger partial charge in [0.15, 0.2) is 0 Å². The molecule has 126 valence electrons. The Morgan fingerprint density at radius 2 is 1.68 bits per heavy atom. The second-order valence-electron chi connectivity index (χ2n) is 5.74. The summed E-state index contributed by atoms with van der Waals surface area (Å²) in [5.41, 5.74) is 2.39. The summed E-state index contributed by atoms with van der Waals surface area (Å²) in [5.74, 6) is 0. The molecule has 1 rings (SSSR count). The number of rotatable bonds is 10. The molecule has 5 nitrogen and oxygen atoms in total. The predicted molar refractivity (Wildman–Crippen MR) is 93.6 cm³/mol. The molecule has 0 amide bonds. The lowest BCUT2D eigenvalue weighted by molar-refractivity contribution is 0.448. The van der Waals surface area contributed by atoms with Crippen molar-refractivity contribution in [2.75, 3.05) is 39.1 Å². The quantitative estimate of drug-likeness (QED) is 0.671. The van der Waals surface area contributed by atoms with E-state index in [0.29, 0.717) is 13.1 Å². The molecule has 22 heavy (non-hydrogen) atoms. The summed E-state index contributed by atoms with van der Waals surface area (Å²) in [6.45, 7) is 3.08. The van der Waals surface area contributed by atoms with Gasteiger partial charge in [-0.1, -0.05) is 25.5 Å². The Bertz CT molecular complexity index is 527. The maximum atomic E-state index is 12.0. The van der Waals surface area contributed by atoms with Gasteiger partial charge >= 0.3 is 0 Å². The number of aryl methyl sites for hydroxylation is 1. The van der Waals surface area contributed by atoms with E-state index < -0.39 is 10.2 Å². The average molecular weight is 327 g/mol. The first-order chi connectivity index (χ1) is 10.4. The SMILES string of the molecule is CCCCN(C)S(=O)(=O)NCCCc1ccc(N(C)C)cc1. The molecular weight excluding hydrogens is 298 g/mol. The van der Waals surface area contributed by atoms with Crippen LogP contribution in [0.2, 0.25) is 0 Å². The normalized spacial score (nSPS) is 11.9. The molecule has 0 radical (unpaired) electrons. The lowest BCUT2D eigenvalue weighted by Gasteiger charge is -2.17. The van der Waals surface area contributed by atoms with Crippen molar-refractivity contribution >= 4 is 15.9 Å². The number of hydrogen-bond donors (Lipinski definition) is 1. The first-order valence-electron chi connectivity index (χ1n) is 7.84. The van der Waals surface area contributed by atoms with E-state index in [-0.39, 0.29) is 0 Å². The monoisotopic (exact) mass is 327 g/mol. The minimum absolute atomic E-state index is 0.466. The zero-order valence-electron chi connectivity index (χ0n) is 14.2. The fourth-order valence-corrected chi connectivity index (χ4v) is 3.06. The van der Waals surface area contributed by atoms with Gasteiger partial charge in [-0.15, -0.1) is 0 Å². The molecule has 0 saturated carbocycles. The summed E-state index contributed by atoms with van der Waals surface area (Å²) in [6, 6.07) is 8.35. The summed E-state index contributed by atoms with van der Waals surface area (Å²) in [4.78, 5) is 2.06. The molecular formula is C16H29N3O2S. The van der Waals surface area contributed by atoms with Gasteiger partial charge in [-0.3, -0.25) is 0 Å². The second-order valence-corrected chi connectivity index (χ2v) is 7.60. The molecule has 0 aliphatic rings. The Balaban J connectivity index is 2.35. The molecule has 0 aliphatic carbocycles. The summed E-state index contributed by atoms with van der Waals surface area (Å²) >= 11 is 0. The molecule has 0 fully saturated rings. The van der Waals surface area contributed by atoms with Gasteiger partial charge in [0, 0.05) is 39.9 Å². The Hall–Kier alpha value is -1.11. The van der Waals surface area contributed by atoms with Crippen molar-refractivity contribution in [2.24, 2.45) is 0 Å². The predicted octanol–water partition coefficient (Wildman–Crippen LogP) is 2.25. The van der Waals surface area contributed by atoms with Gasteiger partial charge in [0.05, 0.1) is 0 Å². The Kier molecular flexibility index (Phi) is 7.85. The zero-order chi connectivity index (χ0) is 16.6. The van der Waals surface area contributed by atoms with E-state index in [2.05, 4.69) is 40.8 Å². The van der Waals surface area contributed by atoms with Gasteiger partial charge in [0.2, 0.25) is 0 Å². The van der Waals surface area contributed by atoms with Crippen molar-refractivity contribution in [1.82, 2.24) is 9.03 Å². The number of nitrogens with zero attached hydrogens (tertiary/aromatic N) is 2. The van der Waals surface area contributed by atoms with Gasteiger partial charge in [-0.05, 0) is 37.0 Å². The van der Waals surface area contributed by atoms with Crippen molar-refractivity contribution in [2.45, 2.75) is 32.6 Å². The zero-order valence-corrected chi connectivity index (χ0v) is 15.0. The summed E-state index contributed by atoms with van der Waals surface area (Å²) in [6.07, 6.45) is 3.54. The van der Waals surface area contributed by atoms with E-state index >= 15 is 0 Å². The van der Waals surface area contributed by atoms with Gasteiger partial charge in [-0.25, -0.2) is 4.72 Å². The molecule has 0 aromatic heterocycles. The number of nitrogens with one attached hydrogen (secondary N) is 1. The summed E-state index contributed by atoms with van der Waals surface area (Å²) in [5, 5.41) is 0. The van der Waals surface area contributed by atoms with Crippen LogP contribution in [-0.4, -0.2) is 47.0 Å². The fraction of sp³-hybridized carbons (Fsp3) is 0.625. The highest BCUT2D eigenvalue weighted by molar-refractivity contribution is 7.87. The van der Waals surface area contributed by atoms with Crippen LogP contribution in [0.25, 0.3) is 0 Å². The molecule has 0 heterocycles. The van der Waals surface area contributed by atoms with Gasteiger partial charge in [0.25, 0.3) is 10.2 Å². The molecule has 1 aromatic carbocycles. The molecule has 1 N–H and O–H groups in total. The second kappa shape index (κ2) is 9.12. The molecule has 0 spiro atoms. The van der Waals surface area contributed by atoms with Crippen molar-refractivity contribution < 1.29 is 8.42 Å². The fourth-order valence-electron chi connectivity index (χ4n) is 2.07. The van der Waals surface area contributed by atoms with Gasteiger partial charge < -0.3 is 4.90 Å². The van der Waals surface area contributed by atoms with Crippen LogP contribution in [0, 0.1) is 0 Å². The average Bonchev–Trinajstić information content (AvgIpc) is 2.49. The standard InChI is InChI=1S/C16H29N3O2S/c1-5-6-14-19(4)22(20,21)17-13-7-8-15-9-11-16(12-10-15)18(2)3/h9-12,17H,5-8,13-14H2,1-4H3. The minimum atomic E-state index is -3.33. The lowest BCUT2D eigenvalue weighted by Crippen LogP contribution is -2.39. The van der Waals surface area contributed by atoms with E-state index in [1.54, 1.807) is 7.05 Å². The van der Waals surface area contributed by atoms with Crippen LogP contribution in [0.15, 0.2) is 24.3 Å². The smallest absolute Gasteiger partial charge is 0.279 e. The van der Waals surface area contributed by atoms with Crippen molar-refractivity contribution in [3.63, 3.8) is 0 Å². The number of hydrogen-bond acceptors (Lipinski definition) is 3. The molecule has 0 aliphatic heterocycles. The maximum absolute atomic E-state index is 12.0. The van der Waals surface area contributed by atoms with Crippen LogP contribution in [0.3, 0.4) is 0 Å². The topological polar surface area (TPSA) is 52.7 Å². The van der Waals surface area contributed by atoms with E-state index in [0.717, 1.165) is 25.7 Å². The Morgan fingerprint density at radius 3 is 2.23 bits per heavy atom. The lowest BCUT2D eigenvalue weighted by atomic mass is 10.1. The molecule has 6 heteroatoms. The van der Waals surface area contributed by atoms with Gasteiger partial charge in [0.1, 0.15) is 0 Å². The number of unbranched alkanes of at least 4 members (excludes halogenated alkanes) is 1. The largest absolute Gasteiger partial charge is 0.378 e. The Labute approximate surface area is 135 Å². The maximum Gasteiger partial charge on any atom is 0.279 e. The molecule has 0 unspecified atom stereocenters. The van der Waals surface area contributed by atoms with Crippen molar-refractivity contribution in [1.29, 1.82) is 0 Å². The van der Waals surface area contributed by atoms with Crippen molar-refractivity contribution in [3.8, 4) is 0 Å². The van der Waals surface area contributed by atoms with Crippen LogP contribution in [0.1, 0.15) is 31.7 Å². The highest BCUT2D eigenvalue weighted by Gasteiger charge is 2.15. The van der Waals surface area contributed by atoms with Crippen molar-refractivity contribution in [3.05, 3.63) is 29.8 Å². The third-order valence-corrected chi connectivity index (χ3v) is 5.19. The van der Waals surface area contributed by atoms with E-state index in [4.69, 9.17) is 0 Å². The molecule has 0 bridgehead atoms. The molecule has 1 aromatic rings. The first-order valence-corrected chi connectivity index (χ1v) is 9.28. The first kappa shape index (κ1) is 18.9. The number of anilines is 1. The molecule has 0 saturated heterocycles. The highest BCUT2D eigenvalue weighted by atomic mass is 32.2. The van der Waals surface area contributed by atoms with Crippen LogP contribution in [-0.2, 0) is 16.6 Å². The Morgan fingerprint density at radius 1 is 1.05 bits per heavy atom. The van der Waals surface area contributed by atoms with Crippen LogP contribution in [0.5, 0.6) is 0 Å². The van der Waals surface area contributed by atoms with Crippen LogP contribution in [0.4, 0.5) is 5.69 Å². The van der Waals surface area contributed by atoms with Crippen LogP contribution < -0.4 is 9.62 Å². The third-order valence-electron chi connectivity index (χ3n) is 3.62. The number of benzene rings is 1. The molecule has 0 atom stereocenters. The third kappa shape index (κ3) is 6.34. The summed E-state index contributed by atoms with van der Waals surface area (Å²) in [7, 11) is 2.32. The van der Waals surface area contributed by atoms with E-state index in [1.807, 2.05) is 14.1 Å². The van der Waals surface area contributed by atoms with E-state index in [9.17, 15) is 8.42 Å². The summed E-state index contributed by atoms with van der Waals surface area (Å²) < 4.78 is 28.0. The van der Waals surface area contributed by atoms with E-state index in [1.165, 1.54) is 15.6 Å². The minimum Gasteiger partial charge on any atom is -0.378 e. The van der Waals surface area contributed by atoms with Gasteiger partial charge in [-0.2, -0.15) is 12.7 Å². The highest BCUT2D eigenvalue weighted by Crippen LogP contribution is 2.13.